The van der Waals surface area contributed by atoms with Crippen molar-refractivity contribution in [1.82, 2.24) is 10.3 Å². The Labute approximate surface area is 119 Å². The van der Waals surface area contributed by atoms with Gasteiger partial charge in [0.1, 0.15) is 11.6 Å². The predicted molar refractivity (Wildman–Crippen MR) is 74.9 cm³/mol. The first kappa shape index (κ1) is 14.4. The molecule has 1 aromatic rings. The summed E-state index contributed by atoms with van der Waals surface area (Å²) < 4.78 is 4.95. The second kappa shape index (κ2) is 6.00. The Morgan fingerprint density at radius 3 is 2.90 bits per heavy atom. The van der Waals surface area contributed by atoms with Crippen LogP contribution in [0.15, 0.2) is 6.20 Å². The lowest BCUT2D eigenvalue weighted by Gasteiger charge is -2.10. The highest BCUT2D eigenvalue weighted by Crippen LogP contribution is 2.22. The molecule has 2 amide bonds. The number of nitrogens with one attached hydrogen (secondary N) is 3. The highest BCUT2D eigenvalue weighted by Gasteiger charge is 2.29. The molecule has 20 heavy (non-hydrogen) atoms. The number of hydrogen-bond donors (Lipinski definition) is 3. The van der Waals surface area contributed by atoms with Crippen molar-refractivity contribution in [3.8, 4) is 0 Å². The maximum Gasteiger partial charge on any atom is 0.342 e. The van der Waals surface area contributed by atoms with Gasteiger partial charge in [-0.3, -0.25) is 9.59 Å². The fourth-order valence-corrected chi connectivity index (χ4v) is 2.62. The molecule has 3 N–H and O–H groups in total. The molecule has 1 unspecified atom stereocenters. The Morgan fingerprint density at radius 2 is 2.30 bits per heavy atom. The molecule has 1 fully saturated rings. The number of esters is 1. The van der Waals surface area contributed by atoms with Gasteiger partial charge in [-0.25, -0.2) is 4.79 Å². The Bertz CT molecular complexity index is 555. The average molecular weight is 297 g/mol. The van der Waals surface area contributed by atoms with Crippen molar-refractivity contribution in [1.29, 1.82) is 0 Å². The first-order chi connectivity index (χ1) is 9.52. The Hall–Kier alpha value is -1.96. The summed E-state index contributed by atoms with van der Waals surface area (Å²) in [6.07, 6.45) is 1.53. The fourth-order valence-electron chi connectivity index (χ4n) is 1.84. The van der Waals surface area contributed by atoms with Gasteiger partial charge in [0.25, 0.3) is 5.24 Å². The number of thioether (sulfide) groups is 1. The molecule has 0 spiro atoms. The van der Waals surface area contributed by atoms with E-state index in [1.807, 2.05) is 0 Å². The van der Waals surface area contributed by atoms with Crippen LogP contribution in [0.25, 0.3) is 0 Å². The molecule has 1 aliphatic heterocycles. The van der Waals surface area contributed by atoms with E-state index in [1.54, 1.807) is 13.8 Å². The molecule has 0 radical (unpaired) electrons. The van der Waals surface area contributed by atoms with Crippen LogP contribution < -0.4 is 10.6 Å². The third kappa shape index (κ3) is 2.96. The monoisotopic (exact) mass is 297 g/mol. The fraction of sp³-hybridized carbons (Fsp3) is 0.417. The minimum absolute atomic E-state index is 0.221. The summed E-state index contributed by atoms with van der Waals surface area (Å²) in [4.78, 5) is 37.8. The van der Waals surface area contributed by atoms with E-state index >= 15 is 0 Å². The van der Waals surface area contributed by atoms with Crippen molar-refractivity contribution in [3.05, 3.63) is 17.5 Å². The molecular formula is C12H15N3O4S. The quantitative estimate of drug-likeness (QED) is 0.726. The Balaban J connectivity index is 2.11. The van der Waals surface area contributed by atoms with Gasteiger partial charge in [-0.05, 0) is 13.8 Å². The van der Waals surface area contributed by atoms with Gasteiger partial charge in [0.05, 0.1) is 12.3 Å². The zero-order chi connectivity index (χ0) is 14.7. The summed E-state index contributed by atoms with van der Waals surface area (Å²) in [5.74, 6) is -0.470. The molecule has 1 aliphatic rings. The summed E-state index contributed by atoms with van der Waals surface area (Å²) >= 11 is 1.06. The predicted octanol–water partition coefficient (Wildman–Crippen LogP) is 1.26. The number of carbonyl (C=O) groups is 3. The van der Waals surface area contributed by atoms with Gasteiger partial charge in [0.15, 0.2) is 0 Å². The van der Waals surface area contributed by atoms with E-state index < -0.39 is 12.0 Å². The van der Waals surface area contributed by atoms with Gasteiger partial charge in [0.2, 0.25) is 5.91 Å². The molecule has 2 heterocycles. The van der Waals surface area contributed by atoms with Gasteiger partial charge < -0.3 is 20.4 Å². The summed E-state index contributed by atoms with van der Waals surface area (Å²) in [5.41, 5.74) is 1.28. The number of amides is 2. The third-order valence-electron chi connectivity index (χ3n) is 2.80. The average Bonchev–Trinajstić information content (AvgIpc) is 2.96. The molecule has 0 saturated carbocycles. The number of aromatic nitrogens is 1. The van der Waals surface area contributed by atoms with Crippen LogP contribution in [0.1, 0.15) is 23.0 Å². The standard InChI is InChI=1S/C12H15N3O4S/c1-3-19-11(17)9-6(2)13-4-7(9)14-10(16)8-5-20-12(18)15-8/h4,8,13H,3,5H2,1-2H3,(H,14,16)(H,15,18). The molecule has 1 saturated heterocycles. The zero-order valence-corrected chi connectivity index (χ0v) is 11.9. The van der Waals surface area contributed by atoms with Gasteiger partial charge in [-0.2, -0.15) is 0 Å². The number of aromatic amines is 1. The number of H-pyrrole nitrogens is 1. The number of carbonyl (C=O) groups excluding carboxylic acids is 3. The van der Waals surface area contributed by atoms with Crippen LogP contribution in [0.5, 0.6) is 0 Å². The summed E-state index contributed by atoms with van der Waals surface area (Å²) in [6, 6.07) is -0.585. The van der Waals surface area contributed by atoms with E-state index in [9.17, 15) is 14.4 Å². The lowest BCUT2D eigenvalue weighted by Crippen LogP contribution is -2.38. The minimum atomic E-state index is -0.585. The van der Waals surface area contributed by atoms with Crippen LogP contribution in [-0.4, -0.2) is 40.5 Å². The molecular weight excluding hydrogens is 282 g/mol. The topological polar surface area (TPSA) is 100 Å². The maximum absolute atomic E-state index is 12.0. The summed E-state index contributed by atoms with van der Waals surface area (Å²) in [5, 5.41) is 4.95. The summed E-state index contributed by atoms with van der Waals surface area (Å²) in [7, 11) is 0. The third-order valence-corrected chi connectivity index (χ3v) is 3.68. The van der Waals surface area contributed by atoms with E-state index in [1.165, 1.54) is 6.20 Å². The van der Waals surface area contributed by atoms with E-state index in [0.717, 1.165) is 11.8 Å². The molecule has 0 aromatic carbocycles. The number of hydrogen-bond acceptors (Lipinski definition) is 5. The van der Waals surface area contributed by atoms with Crippen LogP contribution in [0, 0.1) is 6.92 Å². The molecule has 8 heteroatoms. The molecule has 1 atom stereocenters. The molecule has 7 nitrogen and oxygen atoms in total. The Kier molecular flexibility index (Phi) is 4.33. The summed E-state index contributed by atoms with van der Waals surface area (Å²) in [6.45, 7) is 3.69. The van der Waals surface area contributed by atoms with Crippen molar-refractivity contribution < 1.29 is 19.1 Å². The van der Waals surface area contributed by atoms with Crippen molar-refractivity contribution in [2.75, 3.05) is 17.7 Å². The van der Waals surface area contributed by atoms with Crippen molar-refractivity contribution in [2.45, 2.75) is 19.9 Å². The van der Waals surface area contributed by atoms with Gasteiger partial charge in [-0.15, -0.1) is 0 Å². The molecule has 108 valence electrons. The van der Waals surface area contributed by atoms with Gasteiger partial charge in [-0.1, -0.05) is 11.8 Å². The second-order valence-corrected chi connectivity index (χ2v) is 5.20. The minimum Gasteiger partial charge on any atom is -0.462 e. The zero-order valence-electron chi connectivity index (χ0n) is 11.1. The number of aryl methyl sites for hydroxylation is 1. The molecule has 0 bridgehead atoms. The van der Waals surface area contributed by atoms with Crippen LogP contribution in [0.2, 0.25) is 0 Å². The lowest BCUT2D eigenvalue weighted by molar-refractivity contribution is -0.117. The number of anilines is 1. The van der Waals surface area contributed by atoms with Crippen molar-refractivity contribution >= 4 is 34.6 Å². The van der Waals surface area contributed by atoms with E-state index in [-0.39, 0.29) is 17.8 Å². The van der Waals surface area contributed by atoms with Gasteiger partial charge in [0, 0.05) is 17.6 Å². The van der Waals surface area contributed by atoms with E-state index in [4.69, 9.17) is 4.74 Å². The molecule has 2 rings (SSSR count). The van der Waals surface area contributed by atoms with Gasteiger partial charge >= 0.3 is 5.97 Å². The van der Waals surface area contributed by atoms with Crippen LogP contribution in [0.4, 0.5) is 10.5 Å². The Morgan fingerprint density at radius 1 is 1.55 bits per heavy atom. The second-order valence-electron chi connectivity index (χ2n) is 4.21. The van der Waals surface area contributed by atoms with E-state index in [0.29, 0.717) is 22.7 Å². The SMILES string of the molecule is CCOC(=O)c1c(NC(=O)C2CSC(=O)N2)c[nH]c1C. The largest absolute Gasteiger partial charge is 0.462 e. The smallest absolute Gasteiger partial charge is 0.342 e. The first-order valence-electron chi connectivity index (χ1n) is 6.12. The van der Waals surface area contributed by atoms with Crippen LogP contribution in [0.3, 0.4) is 0 Å². The molecule has 0 aliphatic carbocycles. The number of rotatable bonds is 4. The molecule has 1 aromatic heterocycles. The van der Waals surface area contributed by atoms with Crippen molar-refractivity contribution in [3.63, 3.8) is 0 Å². The lowest BCUT2D eigenvalue weighted by atomic mass is 10.2. The number of ether oxygens (including phenoxy) is 1. The normalized spacial score (nSPS) is 17.7. The highest BCUT2D eigenvalue weighted by atomic mass is 32.2. The first-order valence-corrected chi connectivity index (χ1v) is 7.10. The van der Waals surface area contributed by atoms with Crippen LogP contribution in [-0.2, 0) is 9.53 Å². The highest BCUT2D eigenvalue weighted by molar-refractivity contribution is 8.14. The van der Waals surface area contributed by atoms with E-state index in [2.05, 4.69) is 15.6 Å². The maximum atomic E-state index is 12.0. The van der Waals surface area contributed by atoms with Crippen molar-refractivity contribution in [2.24, 2.45) is 0 Å². The van der Waals surface area contributed by atoms with Crippen LogP contribution >= 0.6 is 11.8 Å².